The molecule has 3 heterocycles. The summed E-state index contributed by atoms with van der Waals surface area (Å²) in [5.41, 5.74) is 3.09. The average Bonchev–Trinajstić information content (AvgIpc) is 3.29. The average molecular weight is 370 g/mol. The fraction of sp³-hybridized carbons (Fsp3) is 0.400. The van der Waals surface area contributed by atoms with Gasteiger partial charge in [0.2, 0.25) is 0 Å². The number of amides is 1. The fourth-order valence-corrected chi connectivity index (χ4v) is 4.01. The van der Waals surface area contributed by atoms with Crippen LogP contribution in [0.3, 0.4) is 0 Å². The maximum absolute atomic E-state index is 13.6. The number of nitrogens with zero attached hydrogens (tertiary/aromatic N) is 3. The Kier molecular flexibility index (Phi) is 4.70. The number of H-pyrrole nitrogens is 1. The van der Waals surface area contributed by atoms with Crippen molar-refractivity contribution in [3.8, 4) is 0 Å². The third-order valence-electron chi connectivity index (χ3n) is 5.40. The van der Waals surface area contributed by atoms with E-state index in [9.17, 15) is 9.18 Å². The number of aliphatic hydroxyl groups is 1. The molecule has 2 aromatic heterocycles. The molecule has 1 aliphatic rings. The molecule has 4 rings (SSSR count). The predicted octanol–water partition coefficient (Wildman–Crippen LogP) is 2.82. The minimum absolute atomic E-state index is 0.0478. The van der Waals surface area contributed by atoms with Gasteiger partial charge < -0.3 is 15.0 Å². The number of halogens is 1. The van der Waals surface area contributed by atoms with Crippen LogP contribution in [0.25, 0.3) is 10.9 Å². The number of benzene rings is 1. The van der Waals surface area contributed by atoms with E-state index in [2.05, 4.69) is 10.1 Å². The molecule has 0 aliphatic carbocycles. The van der Waals surface area contributed by atoms with Gasteiger partial charge in [0.15, 0.2) is 0 Å². The van der Waals surface area contributed by atoms with Gasteiger partial charge in [-0.15, -0.1) is 0 Å². The highest BCUT2D eigenvalue weighted by molar-refractivity contribution is 5.98. The second-order valence-corrected chi connectivity index (χ2v) is 7.14. The van der Waals surface area contributed by atoms with E-state index in [-0.39, 0.29) is 18.3 Å². The summed E-state index contributed by atoms with van der Waals surface area (Å²) in [6, 6.07) is 6.71. The standard InChI is InChI=1S/C20H23FN4O2/c1-13-10-15(21)11-17-16(13)12-18(23-17)20(27)24-6-3-14(4-7-24)19-2-5-22-25(19)8-9-26/h2,5,10-12,14,23,26H,3-4,6-9H2,1H3. The molecule has 1 saturated heterocycles. The molecule has 0 unspecified atom stereocenters. The topological polar surface area (TPSA) is 74.2 Å². The Labute approximate surface area is 156 Å². The van der Waals surface area contributed by atoms with Gasteiger partial charge >= 0.3 is 0 Å². The molecular weight excluding hydrogens is 347 g/mol. The van der Waals surface area contributed by atoms with E-state index in [0.717, 1.165) is 29.5 Å². The zero-order valence-electron chi connectivity index (χ0n) is 15.3. The van der Waals surface area contributed by atoms with Gasteiger partial charge in [-0.05, 0) is 49.6 Å². The molecule has 1 fully saturated rings. The number of aryl methyl sites for hydroxylation is 1. The third-order valence-corrected chi connectivity index (χ3v) is 5.40. The van der Waals surface area contributed by atoms with Crippen molar-refractivity contribution in [2.24, 2.45) is 0 Å². The SMILES string of the molecule is Cc1cc(F)cc2[nH]c(C(=O)N3CCC(c4ccnn4CCO)CC3)cc12. The Morgan fingerprint density at radius 1 is 1.33 bits per heavy atom. The van der Waals surface area contributed by atoms with Crippen LogP contribution in [0.5, 0.6) is 0 Å². The Balaban J connectivity index is 1.47. The summed E-state index contributed by atoms with van der Waals surface area (Å²) in [4.78, 5) is 17.8. The summed E-state index contributed by atoms with van der Waals surface area (Å²) in [5, 5.41) is 14.3. The van der Waals surface area contributed by atoms with Gasteiger partial charge in [-0.3, -0.25) is 9.48 Å². The molecule has 7 heteroatoms. The molecule has 6 nitrogen and oxygen atoms in total. The number of hydrogen-bond donors (Lipinski definition) is 2. The molecule has 0 bridgehead atoms. The number of nitrogens with one attached hydrogen (secondary N) is 1. The summed E-state index contributed by atoms with van der Waals surface area (Å²) >= 11 is 0. The van der Waals surface area contributed by atoms with Crippen molar-refractivity contribution in [2.75, 3.05) is 19.7 Å². The van der Waals surface area contributed by atoms with Crippen molar-refractivity contribution in [3.05, 3.63) is 53.2 Å². The molecule has 0 radical (unpaired) electrons. The zero-order chi connectivity index (χ0) is 19.0. The summed E-state index contributed by atoms with van der Waals surface area (Å²) in [6.07, 6.45) is 3.47. The number of fused-ring (bicyclic) bond motifs is 1. The second kappa shape index (κ2) is 7.15. The van der Waals surface area contributed by atoms with Crippen LogP contribution in [0, 0.1) is 12.7 Å². The van der Waals surface area contributed by atoms with E-state index in [1.807, 2.05) is 28.6 Å². The largest absolute Gasteiger partial charge is 0.394 e. The van der Waals surface area contributed by atoms with Crippen LogP contribution in [0.2, 0.25) is 0 Å². The van der Waals surface area contributed by atoms with Crippen LogP contribution >= 0.6 is 0 Å². The Hall–Kier alpha value is -2.67. The molecule has 1 amide bonds. The van der Waals surface area contributed by atoms with E-state index in [1.165, 1.54) is 12.1 Å². The highest BCUT2D eigenvalue weighted by Gasteiger charge is 2.27. The number of aliphatic hydroxyl groups excluding tert-OH is 1. The molecule has 0 saturated carbocycles. The lowest BCUT2D eigenvalue weighted by atomic mass is 9.93. The first-order valence-electron chi connectivity index (χ1n) is 9.27. The lowest BCUT2D eigenvalue weighted by molar-refractivity contribution is 0.0706. The predicted molar refractivity (Wildman–Crippen MR) is 100 cm³/mol. The van der Waals surface area contributed by atoms with Crippen LogP contribution in [0.4, 0.5) is 4.39 Å². The number of carbonyl (C=O) groups is 1. The van der Waals surface area contributed by atoms with Crippen molar-refractivity contribution in [3.63, 3.8) is 0 Å². The van der Waals surface area contributed by atoms with Gasteiger partial charge in [0.25, 0.3) is 5.91 Å². The van der Waals surface area contributed by atoms with Crippen molar-refractivity contribution in [2.45, 2.75) is 32.2 Å². The summed E-state index contributed by atoms with van der Waals surface area (Å²) < 4.78 is 15.4. The molecule has 1 aliphatic heterocycles. The van der Waals surface area contributed by atoms with E-state index in [0.29, 0.717) is 36.8 Å². The van der Waals surface area contributed by atoms with Crippen molar-refractivity contribution in [1.29, 1.82) is 0 Å². The van der Waals surface area contributed by atoms with Crippen molar-refractivity contribution < 1.29 is 14.3 Å². The van der Waals surface area contributed by atoms with E-state index in [1.54, 1.807) is 6.20 Å². The van der Waals surface area contributed by atoms with Crippen molar-refractivity contribution in [1.82, 2.24) is 19.7 Å². The minimum Gasteiger partial charge on any atom is -0.394 e. The van der Waals surface area contributed by atoms with Crippen LogP contribution in [-0.2, 0) is 6.54 Å². The second-order valence-electron chi connectivity index (χ2n) is 7.14. The van der Waals surface area contributed by atoms with Crippen molar-refractivity contribution >= 4 is 16.8 Å². The van der Waals surface area contributed by atoms with Gasteiger partial charge in [0.1, 0.15) is 11.5 Å². The maximum atomic E-state index is 13.6. The highest BCUT2D eigenvalue weighted by Crippen LogP contribution is 2.29. The molecule has 142 valence electrons. The van der Waals surface area contributed by atoms with Gasteiger partial charge in [-0.2, -0.15) is 5.10 Å². The third kappa shape index (κ3) is 3.35. The summed E-state index contributed by atoms with van der Waals surface area (Å²) in [7, 11) is 0. The van der Waals surface area contributed by atoms with E-state index in [4.69, 9.17) is 5.11 Å². The lowest BCUT2D eigenvalue weighted by Gasteiger charge is -2.32. The van der Waals surface area contributed by atoms with Crippen LogP contribution in [0.1, 0.15) is 40.5 Å². The van der Waals surface area contributed by atoms with Gasteiger partial charge in [0, 0.05) is 41.8 Å². The number of likely N-dealkylation sites (tertiary alicyclic amines) is 1. The molecule has 3 aromatic rings. The fourth-order valence-electron chi connectivity index (χ4n) is 4.01. The number of piperidine rings is 1. The van der Waals surface area contributed by atoms with Gasteiger partial charge in [0.05, 0.1) is 13.2 Å². The molecule has 0 atom stereocenters. The zero-order valence-corrected chi connectivity index (χ0v) is 15.3. The number of aromatic amines is 1. The minimum atomic E-state index is -0.304. The normalized spacial score (nSPS) is 15.6. The quantitative estimate of drug-likeness (QED) is 0.742. The first-order chi connectivity index (χ1) is 13.1. The number of carbonyl (C=O) groups excluding carboxylic acids is 1. The smallest absolute Gasteiger partial charge is 0.270 e. The summed E-state index contributed by atoms with van der Waals surface area (Å²) in [5.74, 6) is -0.0170. The van der Waals surface area contributed by atoms with Gasteiger partial charge in [-0.25, -0.2) is 4.39 Å². The first kappa shape index (κ1) is 17.7. The summed E-state index contributed by atoms with van der Waals surface area (Å²) in [6.45, 7) is 3.72. The van der Waals surface area contributed by atoms with Crippen LogP contribution < -0.4 is 0 Å². The monoisotopic (exact) mass is 370 g/mol. The Bertz CT molecular complexity index is 970. The first-order valence-corrected chi connectivity index (χ1v) is 9.27. The molecule has 27 heavy (non-hydrogen) atoms. The molecular formula is C20H23FN4O2. The number of hydrogen-bond acceptors (Lipinski definition) is 3. The number of aromatic nitrogens is 3. The maximum Gasteiger partial charge on any atom is 0.270 e. The lowest BCUT2D eigenvalue weighted by Crippen LogP contribution is -2.38. The highest BCUT2D eigenvalue weighted by atomic mass is 19.1. The molecule has 2 N–H and O–H groups in total. The van der Waals surface area contributed by atoms with Crippen LogP contribution in [0.15, 0.2) is 30.5 Å². The van der Waals surface area contributed by atoms with E-state index < -0.39 is 0 Å². The Morgan fingerprint density at radius 3 is 2.85 bits per heavy atom. The number of rotatable bonds is 4. The Morgan fingerprint density at radius 2 is 2.11 bits per heavy atom. The molecule has 1 aromatic carbocycles. The molecule has 0 spiro atoms. The van der Waals surface area contributed by atoms with Gasteiger partial charge in [-0.1, -0.05) is 0 Å². The van der Waals surface area contributed by atoms with Crippen LogP contribution in [-0.4, -0.2) is 50.4 Å². The van der Waals surface area contributed by atoms with E-state index >= 15 is 0 Å².